The Labute approximate surface area is 130 Å². The standard InChI is InChI=1S/C17H21N3O2/c1-2-20(12-16-7-4-8-22-16)17(21)14-6-3-5-13(9-14)15-10-18-19-11-15/h3,5-6,9-11,16H,2,4,7-8,12H2,1H3,(H,18,19)/t16-/m0/s1. The molecule has 0 aliphatic carbocycles. The van der Waals surface area contributed by atoms with Gasteiger partial charge in [0.15, 0.2) is 0 Å². The highest BCUT2D eigenvalue weighted by Crippen LogP contribution is 2.20. The second-order valence-corrected chi connectivity index (χ2v) is 5.55. The van der Waals surface area contributed by atoms with Crippen LogP contribution in [0.2, 0.25) is 0 Å². The van der Waals surface area contributed by atoms with E-state index in [-0.39, 0.29) is 12.0 Å². The van der Waals surface area contributed by atoms with Gasteiger partial charge < -0.3 is 9.64 Å². The number of likely N-dealkylation sites (N-methyl/N-ethyl adjacent to an activating group) is 1. The molecule has 22 heavy (non-hydrogen) atoms. The van der Waals surface area contributed by atoms with Crippen molar-refractivity contribution in [2.45, 2.75) is 25.9 Å². The normalized spacial score (nSPS) is 17.6. The molecule has 5 heteroatoms. The Kier molecular flexibility index (Phi) is 4.53. The van der Waals surface area contributed by atoms with Crippen molar-refractivity contribution in [2.75, 3.05) is 19.7 Å². The molecule has 0 unspecified atom stereocenters. The minimum Gasteiger partial charge on any atom is -0.376 e. The van der Waals surface area contributed by atoms with Crippen LogP contribution >= 0.6 is 0 Å². The van der Waals surface area contributed by atoms with Crippen LogP contribution in [0.25, 0.3) is 11.1 Å². The number of aromatic amines is 1. The van der Waals surface area contributed by atoms with E-state index in [4.69, 9.17) is 4.74 Å². The van der Waals surface area contributed by atoms with Crippen molar-refractivity contribution in [3.63, 3.8) is 0 Å². The minimum atomic E-state index is 0.0587. The van der Waals surface area contributed by atoms with Crippen LogP contribution in [0.3, 0.4) is 0 Å². The number of H-pyrrole nitrogens is 1. The fraction of sp³-hybridized carbons (Fsp3) is 0.412. The van der Waals surface area contributed by atoms with E-state index >= 15 is 0 Å². The van der Waals surface area contributed by atoms with Crippen molar-refractivity contribution in [3.8, 4) is 11.1 Å². The molecule has 0 bridgehead atoms. The number of aromatic nitrogens is 2. The first kappa shape index (κ1) is 14.8. The van der Waals surface area contributed by atoms with Gasteiger partial charge in [0.05, 0.1) is 12.3 Å². The molecular weight excluding hydrogens is 278 g/mol. The van der Waals surface area contributed by atoms with E-state index in [1.165, 1.54) is 0 Å². The SMILES string of the molecule is CCN(C[C@@H]1CCCO1)C(=O)c1cccc(-c2cn[nH]c2)c1. The second kappa shape index (κ2) is 6.75. The van der Waals surface area contributed by atoms with Gasteiger partial charge in [-0.1, -0.05) is 12.1 Å². The molecule has 1 aliphatic rings. The highest BCUT2D eigenvalue weighted by atomic mass is 16.5. The molecule has 1 aromatic carbocycles. The lowest BCUT2D eigenvalue weighted by atomic mass is 10.1. The summed E-state index contributed by atoms with van der Waals surface area (Å²) in [5.74, 6) is 0.0587. The lowest BCUT2D eigenvalue weighted by molar-refractivity contribution is 0.0539. The summed E-state index contributed by atoms with van der Waals surface area (Å²) in [5, 5.41) is 6.75. The van der Waals surface area contributed by atoms with Crippen LogP contribution in [0, 0.1) is 0 Å². The summed E-state index contributed by atoms with van der Waals surface area (Å²) in [6, 6.07) is 7.68. The number of hydrogen-bond acceptors (Lipinski definition) is 3. The maximum Gasteiger partial charge on any atom is 0.253 e. The molecule has 5 nitrogen and oxygen atoms in total. The van der Waals surface area contributed by atoms with Gasteiger partial charge in [0.2, 0.25) is 0 Å². The Balaban J connectivity index is 1.76. The quantitative estimate of drug-likeness (QED) is 0.923. The Morgan fingerprint density at radius 2 is 2.36 bits per heavy atom. The molecule has 1 fully saturated rings. The minimum absolute atomic E-state index is 0.0587. The number of benzene rings is 1. The second-order valence-electron chi connectivity index (χ2n) is 5.55. The van der Waals surface area contributed by atoms with E-state index in [1.807, 2.05) is 42.3 Å². The summed E-state index contributed by atoms with van der Waals surface area (Å²) < 4.78 is 5.65. The van der Waals surface area contributed by atoms with E-state index in [0.29, 0.717) is 18.7 Å². The van der Waals surface area contributed by atoms with Crippen LogP contribution in [0.4, 0.5) is 0 Å². The lowest BCUT2D eigenvalue weighted by Crippen LogP contribution is -2.37. The largest absolute Gasteiger partial charge is 0.376 e. The summed E-state index contributed by atoms with van der Waals surface area (Å²) in [7, 11) is 0. The fourth-order valence-electron chi connectivity index (χ4n) is 2.81. The molecule has 3 rings (SSSR count). The zero-order chi connectivity index (χ0) is 15.4. The number of nitrogens with one attached hydrogen (secondary N) is 1. The van der Waals surface area contributed by atoms with E-state index in [9.17, 15) is 4.79 Å². The van der Waals surface area contributed by atoms with Gasteiger partial charge >= 0.3 is 0 Å². The molecule has 116 valence electrons. The zero-order valence-electron chi connectivity index (χ0n) is 12.8. The molecule has 0 radical (unpaired) electrons. The zero-order valence-corrected chi connectivity index (χ0v) is 12.8. The average molecular weight is 299 g/mol. The molecule has 1 amide bonds. The fourth-order valence-corrected chi connectivity index (χ4v) is 2.81. The maximum atomic E-state index is 12.7. The van der Waals surface area contributed by atoms with Crippen LogP contribution in [0.5, 0.6) is 0 Å². The van der Waals surface area contributed by atoms with Gasteiger partial charge in [-0.2, -0.15) is 5.10 Å². The van der Waals surface area contributed by atoms with Crippen LogP contribution in [0.15, 0.2) is 36.7 Å². The first-order valence-corrected chi connectivity index (χ1v) is 7.78. The molecule has 1 saturated heterocycles. The van der Waals surface area contributed by atoms with E-state index in [2.05, 4.69) is 10.2 Å². The van der Waals surface area contributed by atoms with Crippen molar-refractivity contribution in [1.29, 1.82) is 0 Å². The molecule has 1 aromatic heterocycles. The number of hydrogen-bond donors (Lipinski definition) is 1. The topological polar surface area (TPSA) is 58.2 Å². The van der Waals surface area contributed by atoms with Crippen molar-refractivity contribution < 1.29 is 9.53 Å². The van der Waals surface area contributed by atoms with Crippen molar-refractivity contribution in [3.05, 3.63) is 42.2 Å². The Morgan fingerprint density at radius 3 is 3.05 bits per heavy atom. The third-order valence-electron chi connectivity index (χ3n) is 4.06. The molecule has 1 aliphatic heterocycles. The Morgan fingerprint density at radius 1 is 1.45 bits per heavy atom. The van der Waals surface area contributed by atoms with Gasteiger partial charge in [0.1, 0.15) is 0 Å². The summed E-state index contributed by atoms with van der Waals surface area (Å²) in [6.07, 6.45) is 5.90. The van der Waals surface area contributed by atoms with Crippen molar-refractivity contribution in [1.82, 2.24) is 15.1 Å². The predicted octanol–water partition coefficient (Wildman–Crippen LogP) is 2.72. The highest BCUT2D eigenvalue weighted by molar-refractivity contribution is 5.95. The summed E-state index contributed by atoms with van der Waals surface area (Å²) in [4.78, 5) is 14.6. The lowest BCUT2D eigenvalue weighted by Gasteiger charge is -2.24. The molecule has 0 saturated carbocycles. The van der Waals surface area contributed by atoms with Crippen LogP contribution in [0.1, 0.15) is 30.1 Å². The summed E-state index contributed by atoms with van der Waals surface area (Å²) in [5.41, 5.74) is 2.68. The molecular formula is C17H21N3O2. The number of amides is 1. The maximum absolute atomic E-state index is 12.7. The third kappa shape index (κ3) is 3.20. The number of rotatable bonds is 5. The number of carbonyl (C=O) groups excluding carboxylic acids is 1. The summed E-state index contributed by atoms with van der Waals surface area (Å²) >= 11 is 0. The average Bonchev–Trinajstić information content (AvgIpc) is 3.25. The van der Waals surface area contributed by atoms with Gasteiger partial charge in [0.25, 0.3) is 5.91 Å². The van der Waals surface area contributed by atoms with Crippen LogP contribution in [-0.4, -0.2) is 46.8 Å². The monoisotopic (exact) mass is 299 g/mol. The van der Waals surface area contributed by atoms with Gasteiger partial charge in [-0.25, -0.2) is 0 Å². The van der Waals surface area contributed by atoms with Crippen molar-refractivity contribution in [2.24, 2.45) is 0 Å². The van der Waals surface area contributed by atoms with Crippen LogP contribution in [-0.2, 0) is 4.74 Å². The third-order valence-corrected chi connectivity index (χ3v) is 4.06. The van der Waals surface area contributed by atoms with Crippen LogP contribution < -0.4 is 0 Å². The molecule has 2 heterocycles. The van der Waals surface area contributed by atoms with Gasteiger partial charge in [0, 0.05) is 37.0 Å². The van der Waals surface area contributed by atoms with E-state index < -0.39 is 0 Å². The number of carbonyl (C=O) groups is 1. The van der Waals surface area contributed by atoms with E-state index in [1.54, 1.807) is 6.20 Å². The number of ether oxygens (including phenoxy) is 1. The molecule has 1 N–H and O–H groups in total. The Bertz CT molecular complexity index is 619. The van der Waals surface area contributed by atoms with Gasteiger partial charge in [-0.15, -0.1) is 0 Å². The highest BCUT2D eigenvalue weighted by Gasteiger charge is 2.22. The first-order chi connectivity index (χ1) is 10.8. The molecule has 2 aromatic rings. The van der Waals surface area contributed by atoms with Gasteiger partial charge in [-0.05, 0) is 37.5 Å². The molecule has 1 atom stereocenters. The van der Waals surface area contributed by atoms with Crippen molar-refractivity contribution >= 4 is 5.91 Å². The van der Waals surface area contributed by atoms with E-state index in [0.717, 1.165) is 30.6 Å². The molecule has 0 spiro atoms. The summed E-state index contributed by atoms with van der Waals surface area (Å²) in [6.45, 7) is 4.18. The number of nitrogens with zero attached hydrogens (tertiary/aromatic N) is 2. The van der Waals surface area contributed by atoms with Gasteiger partial charge in [-0.3, -0.25) is 9.89 Å². The Hall–Kier alpha value is -2.14. The predicted molar refractivity (Wildman–Crippen MR) is 84.6 cm³/mol. The first-order valence-electron chi connectivity index (χ1n) is 7.78. The smallest absolute Gasteiger partial charge is 0.253 e.